The van der Waals surface area contributed by atoms with Gasteiger partial charge in [0.1, 0.15) is 5.75 Å². The molecule has 9 nitrogen and oxygen atoms in total. The van der Waals surface area contributed by atoms with E-state index < -0.39 is 47.2 Å². The number of imide groups is 1. The smallest absolute Gasteiger partial charge is 0.271 e. The maximum absolute atomic E-state index is 13.7. The van der Waals surface area contributed by atoms with Crippen LogP contribution in [0.1, 0.15) is 37.3 Å². The third kappa shape index (κ3) is 6.04. The molecule has 1 heterocycles. The fraction of sp³-hybridized carbons (Fsp3) is 0.273. The lowest BCUT2D eigenvalue weighted by Crippen LogP contribution is -2.38. The maximum Gasteiger partial charge on any atom is 0.271 e. The van der Waals surface area contributed by atoms with Gasteiger partial charge in [-0.15, -0.1) is 0 Å². The van der Waals surface area contributed by atoms with E-state index in [-0.39, 0.29) is 30.0 Å². The molecule has 1 aliphatic carbocycles. The first kappa shape index (κ1) is 30.3. The summed E-state index contributed by atoms with van der Waals surface area (Å²) in [6, 6.07) is 20.1. The monoisotopic (exact) mass is 646 g/mol. The number of aromatic hydroxyl groups is 1. The number of nitro groups is 1. The van der Waals surface area contributed by atoms with Crippen molar-refractivity contribution in [2.24, 2.45) is 17.8 Å². The Bertz CT molecular complexity index is 1640. The van der Waals surface area contributed by atoms with E-state index in [0.717, 1.165) is 26.1 Å². The van der Waals surface area contributed by atoms with E-state index in [0.29, 0.717) is 17.6 Å². The van der Waals surface area contributed by atoms with Gasteiger partial charge in [-0.1, -0.05) is 57.9 Å². The summed E-state index contributed by atoms with van der Waals surface area (Å²) in [7, 11) is 0. The standard InChI is InChI=1S/C33H31BrN2O7/c1-19-14-26-31(33(41)35(32(26)40)24-8-5-9-25(17-24)36(42)43)27(18-37)30(19)29(39)12-10-21(20-6-3-2-4-7-20)15-22-16-23(34)11-13-28(22)38/h2-9,11,13,15-17,26-27,29,31,37-39H,10,12,14,18H2,1H3/b21-15-/t26-,27+,29-,31-/m1/s1. The van der Waals surface area contributed by atoms with E-state index in [1.807, 2.05) is 36.4 Å². The van der Waals surface area contributed by atoms with Crippen molar-refractivity contribution in [2.45, 2.75) is 32.3 Å². The number of aliphatic hydroxyl groups is 2. The molecule has 0 spiro atoms. The molecule has 3 N–H and O–H groups in total. The number of allylic oxidation sites excluding steroid dienone is 2. The second-order valence-electron chi connectivity index (χ2n) is 10.9. The van der Waals surface area contributed by atoms with Crippen molar-refractivity contribution in [1.29, 1.82) is 0 Å². The molecule has 0 radical (unpaired) electrons. The van der Waals surface area contributed by atoms with E-state index in [1.165, 1.54) is 24.3 Å². The molecular formula is C33H31BrN2O7. The second kappa shape index (κ2) is 12.6. The van der Waals surface area contributed by atoms with Crippen molar-refractivity contribution in [3.63, 3.8) is 0 Å². The Morgan fingerprint density at radius 3 is 2.53 bits per heavy atom. The molecule has 2 aliphatic rings. The van der Waals surface area contributed by atoms with Crippen LogP contribution in [0.2, 0.25) is 0 Å². The minimum Gasteiger partial charge on any atom is -0.507 e. The van der Waals surface area contributed by atoms with Gasteiger partial charge in [-0.2, -0.15) is 0 Å². The number of rotatable bonds is 9. The van der Waals surface area contributed by atoms with Crippen LogP contribution in [0.4, 0.5) is 11.4 Å². The first-order chi connectivity index (χ1) is 20.6. The molecule has 222 valence electrons. The number of anilines is 1. The van der Waals surface area contributed by atoms with E-state index >= 15 is 0 Å². The summed E-state index contributed by atoms with van der Waals surface area (Å²) < 4.78 is 0.808. The average Bonchev–Trinajstić information content (AvgIpc) is 3.25. The van der Waals surface area contributed by atoms with Crippen LogP contribution in [0.5, 0.6) is 5.75 Å². The zero-order valence-corrected chi connectivity index (χ0v) is 25.0. The summed E-state index contributed by atoms with van der Waals surface area (Å²) >= 11 is 3.44. The van der Waals surface area contributed by atoms with Gasteiger partial charge in [-0.05, 0) is 73.2 Å². The highest BCUT2D eigenvalue weighted by Crippen LogP contribution is 2.47. The number of hydrogen-bond acceptors (Lipinski definition) is 7. The van der Waals surface area contributed by atoms with Crippen LogP contribution in [0.15, 0.2) is 88.4 Å². The van der Waals surface area contributed by atoms with Gasteiger partial charge in [0.25, 0.3) is 5.69 Å². The van der Waals surface area contributed by atoms with Crippen molar-refractivity contribution in [1.82, 2.24) is 0 Å². The zero-order chi connectivity index (χ0) is 30.8. The molecule has 10 heteroatoms. The van der Waals surface area contributed by atoms with Gasteiger partial charge >= 0.3 is 0 Å². The number of non-ortho nitro benzene ring substituents is 1. The van der Waals surface area contributed by atoms with Gasteiger partial charge in [0.05, 0.1) is 35.2 Å². The van der Waals surface area contributed by atoms with Crippen LogP contribution in [-0.4, -0.2) is 44.8 Å². The summed E-state index contributed by atoms with van der Waals surface area (Å²) in [5, 5.41) is 43.8. The lowest BCUT2D eigenvalue weighted by atomic mass is 9.68. The summed E-state index contributed by atoms with van der Waals surface area (Å²) in [6.45, 7) is 1.36. The zero-order valence-electron chi connectivity index (χ0n) is 23.4. The molecule has 1 saturated heterocycles. The molecule has 0 saturated carbocycles. The number of carbonyl (C=O) groups is 2. The third-order valence-electron chi connectivity index (χ3n) is 8.33. The summed E-state index contributed by atoms with van der Waals surface area (Å²) in [4.78, 5) is 38.8. The number of halogens is 1. The number of carbonyl (C=O) groups excluding carboxylic acids is 2. The summed E-state index contributed by atoms with van der Waals surface area (Å²) in [5.41, 5.74) is 3.58. The van der Waals surface area contributed by atoms with Gasteiger partial charge < -0.3 is 15.3 Å². The molecule has 1 aliphatic heterocycles. The number of aliphatic hydroxyl groups excluding tert-OH is 2. The third-order valence-corrected chi connectivity index (χ3v) is 8.83. The van der Waals surface area contributed by atoms with Crippen LogP contribution in [-0.2, 0) is 9.59 Å². The molecule has 1 fully saturated rings. The van der Waals surface area contributed by atoms with Gasteiger partial charge in [0, 0.05) is 28.1 Å². The quantitative estimate of drug-likeness (QED) is 0.0866. The van der Waals surface area contributed by atoms with Crippen LogP contribution in [0.25, 0.3) is 11.6 Å². The molecule has 5 rings (SSSR count). The number of amides is 2. The van der Waals surface area contributed by atoms with Gasteiger partial charge in [0.2, 0.25) is 11.8 Å². The Kier molecular flexibility index (Phi) is 8.91. The molecule has 0 aromatic heterocycles. The van der Waals surface area contributed by atoms with Gasteiger partial charge in [-0.25, -0.2) is 4.90 Å². The topological polar surface area (TPSA) is 141 Å². The fourth-order valence-electron chi connectivity index (χ4n) is 6.35. The Balaban J connectivity index is 1.42. The SMILES string of the molecule is CC1=C([C@H](O)CC/C(=C/c2cc(Br)ccc2O)c2ccccc2)[C@H](CO)[C@@H]2C(=O)N(c3cccc([N+](=O)[O-])c3)C(=O)[C@@H]2C1. The molecule has 4 atom stereocenters. The van der Waals surface area contributed by atoms with Gasteiger partial charge in [0.15, 0.2) is 0 Å². The highest BCUT2D eigenvalue weighted by Gasteiger charge is 2.55. The predicted molar refractivity (Wildman–Crippen MR) is 166 cm³/mol. The molecule has 2 amide bonds. The van der Waals surface area contributed by atoms with E-state index in [4.69, 9.17) is 0 Å². The van der Waals surface area contributed by atoms with Gasteiger partial charge in [-0.3, -0.25) is 19.7 Å². The number of nitrogens with zero attached hydrogens (tertiary/aromatic N) is 2. The number of fused-ring (bicyclic) bond motifs is 1. The van der Waals surface area contributed by atoms with Crippen molar-refractivity contribution in [3.8, 4) is 5.75 Å². The minimum absolute atomic E-state index is 0.114. The average molecular weight is 648 g/mol. The number of hydrogen-bond donors (Lipinski definition) is 3. The molecular weight excluding hydrogens is 616 g/mol. The molecule has 3 aromatic carbocycles. The number of phenolic OH excluding ortho intramolecular Hbond substituents is 1. The number of nitro benzene ring substituents is 1. The highest BCUT2D eigenvalue weighted by molar-refractivity contribution is 9.10. The van der Waals surface area contributed by atoms with Crippen LogP contribution in [0.3, 0.4) is 0 Å². The van der Waals surface area contributed by atoms with Crippen LogP contribution < -0.4 is 4.90 Å². The molecule has 0 unspecified atom stereocenters. The van der Waals surface area contributed by atoms with Crippen molar-refractivity contribution >= 4 is 50.8 Å². The number of benzene rings is 3. The first-order valence-electron chi connectivity index (χ1n) is 14.0. The Hall–Kier alpha value is -4.12. The van der Waals surface area contributed by atoms with E-state index in [2.05, 4.69) is 15.9 Å². The van der Waals surface area contributed by atoms with Crippen LogP contribution in [0, 0.1) is 27.9 Å². The lowest BCUT2D eigenvalue weighted by molar-refractivity contribution is -0.384. The summed E-state index contributed by atoms with van der Waals surface area (Å²) in [6.07, 6.45) is 1.80. The van der Waals surface area contributed by atoms with Crippen molar-refractivity contribution in [3.05, 3.63) is 110 Å². The van der Waals surface area contributed by atoms with E-state index in [1.54, 1.807) is 25.1 Å². The normalized spacial score (nSPS) is 21.3. The Morgan fingerprint density at radius 2 is 1.84 bits per heavy atom. The van der Waals surface area contributed by atoms with Crippen molar-refractivity contribution < 1.29 is 29.8 Å². The largest absolute Gasteiger partial charge is 0.507 e. The van der Waals surface area contributed by atoms with E-state index in [9.17, 15) is 35.0 Å². The second-order valence-corrected chi connectivity index (χ2v) is 11.9. The Labute approximate surface area is 257 Å². The maximum atomic E-state index is 13.7. The Morgan fingerprint density at radius 1 is 1.09 bits per heavy atom. The first-order valence-corrected chi connectivity index (χ1v) is 14.7. The molecule has 0 bridgehead atoms. The number of phenols is 1. The predicted octanol–water partition coefficient (Wildman–Crippen LogP) is 5.88. The summed E-state index contributed by atoms with van der Waals surface area (Å²) in [5.74, 6) is -3.31. The minimum atomic E-state index is -1.00. The highest BCUT2D eigenvalue weighted by atomic mass is 79.9. The fourth-order valence-corrected chi connectivity index (χ4v) is 6.72. The molecule has 3 aromatic rings. The van der Waals surface area contributed by atoms with Crippen molar-refractivity contribution in [2.75, 3.05) is 11.5 Å². The lowest BCUT2D eigenvalue weighted by Gasteiger charge is -2.35. The van der Waals surface area contributed by atoms with Crippen LogP contribution >= 0.6 is 15.9 Å². The molecule has 43 heavy (non-hydrogen) atoms.